The highest BCUT2D eigenvalue weighted by molar-refractivity contribution is 5.91. The number of halogens is 1. The molecule has 0 unspecified atom stereocenters. The Morgan fingerprint density at radius 2 is 1.96 bits per heavy atom. The van der Waals surface area contributed by atoms with Gasteiger partial charge < -0.3 is 10.6 Å². The van der Waals surface area contributed by atoms with E-state index < -0.39 is 0 Å². The molecule has 132 valence electrons. The summed E-state index contributed by atoms with van der Waals surface area (Å²) in [5, 5.41) is 5.95. The second kappa shape index (κ2) is 7.79. The third-order valence-electron chi connectivity index (χ3n) is 4.77. The first-order chi connectivity index (χ1) is 12.0. The number of rotatable bonds is 5. The predicted molar refractivity (Wildman–Crippen MR) is 99.3 cm³/mol. The molecule has 0 fully saturated rings. The lowest BCUT2D eigenvalue weighted by molar-refractivity contribution is -0.116. The van der Waals surface area contributed by atoms with E-state index in [1.165, 1.54) is 5.56 Å². The number of anilines is 1. The van der Waals surface area contributed by atoms with E-state index in [0.29, 0.717) is 37.4 Å². The Kier molecular flexibility index (Phi) is 5.49. The molecule has 0 bridgehead atoms. The van der Waals surface area contributed by atoms with Gasteiger partial charge in [0.2, 0.25) is 5.91 Å². The van der Waals surface area contributed by atoms with Crippen LogP contribution in [0.2, 0.25) is 0 Å². The van der Waals surface area contributed by atoms with E-state index in [-0.39, 0.29) is 11.7 Å². The first-order valence-electron chi connectivity index (χ1n) is 8.94. The number of fused-ring (bicyclic) bond motifs is 1. The van der Waals surface area contributed by atoms with Crippen LogP contribution in [-0.4, -0.2) is 12.5 Å². The zero-order chi connectivity index (χ0) is 17.8. The Bertz CT molecular complexity index is 753. The molecule has 0 radical (unpaired) electrons. The van der Waals surface area contributed by atoms with Gasteiger partial charge in [0.1, 0.15) is 5.82 Å². The summed E-state index contributed by atoms with van der Waals surface area (Å²) in [6, 6.07) is 11.9. The maximum Gasteiger partial charge on any atom is 0.224 e. The van der Waals surface area contributed by atoms with Crippen LogP contribution in [0.15, 0.2) is 36.4 Å². The largest absolute Gasteiger partial charge is 0.324 e. The normalized spacial score (nSPS) is 13.6. The van der Waals surface area contributed by atoms with Crippen molar-refractivity contribution in [3.63, 3.8) is 0 Å². The lowest BCUT2D eigenvalue weighted by Gasteiger charge is -2.19. The number of hydrogen-bond donors (Lipinski definition) is 2. The van der Waals surface area contributed by atoms with E-state index in [1.54, 1.807) is 6.07 Å². The summed E-state index contributed by atoms with van der Waals surface area (Å²) in [6.45, 7) is 5.78. The Hall–Kier alpha value is -2.20. The average Bonchev–Trinajstić information content (AvgIpc) is 2.63. The fourth-order valence-electron chi connectivity index (χ4n) is 3.17. The van der Waals surface area contributed by atoms with Crippen LogP contribution < -0.4 is 10.6 Å². The van der Waals surface area contributed by atoms with Crippen molar-refractivity contribution in [3.05, 3.63) is 64.5 Å². The molecule has 4 heteroatoms. The van der Waals surface area contributed by atoms with E-state index in [4.69, 9.17) is 0 Å². The molecule has 0 spiro atoms. The minimum Gasteiger partial charge on any atom is -0.324 e. The minimum absolute atomic E-state index is 0.152. The highest BCUT2D eigenvalue weighted by Crippen LogP contribution is 2.24. The molecule has 1 aliphatic heterocycles. The Morgan fingerprint density at radius 3 is 2.68 bits per heavy atom. The van der Waals surface area contributed by atoms with Crippen LogP contribution in [-0.2, 0) is 24.2 Å². The topological polar surface area (TPSA) is 41.1 Å². The standard InChI is InChI=1S/C21H25FN2O/c1-14(2)16-6-3-15(4-7-16)5-10-20(25)24-19-9-8-17-13-23-12-11-18(17)21(19)22/h3-4,6-9,14,23H,5,10-13H2,1-2H3,(H,24,25). The van der Waals surface area contributed by atoms with Crippen molar-refractivity contribution in [1.82, 2.24) is 5.32 Å². The lowest BCUT2D eigenvalue weighted by Crippen LogP contribution is -2.25. The molecule has 0 aliphatic carbocycles. The second-order valence-corrected chi connectivity index (χ2v) is 6.94. The number of carbonyl (C=O) groups excluding carboxylic acids is 1. The number of aryl methyl sites for hydroxylation is 1. The SMILES string of the molecule is CC(C)c1ccc(CCC(=O)Nc2ccc3c(c2F)CCNC3)cc1. The molecule has 2 N–H and O–H groups in total. The van der Waals surface area contributed by atoms with Crippen LogP contribution in [0.1, 0.15) is 48.4 Å². The van der Waals surface area contributed by atoms with Crippen LogP contribution in [0.25, 0.3) is 0 Å². The molecular weight excluding hydrogens is 315 g/mol. The number of amides is 1. The van der Waals surface area contributed by atoms with E-state index >= 15 is 0 Å². The highest BCUT2D eigenvalue weighted by atomic mass is 19.1. The summed E-state index contributed by atoms with van der Waals surface area (Å²) in [5.74, 6) is 0.0638. The molecule has 1 aliphatic rings. The van der Waals surface area contributed by atoms with Crippen molar-refractivity contribution < 1.29 is 9.18 Å². The molecule has 1 amide bonds. The number of hydrogen-bond acceptors (Lipinski definition) is 2. The Labute approximate surface area is 148 Å². The van der Waals surface area contributed by atoms with Crippen molar-refractivity contribution >= 4 is 11.6 Å². The Balaban J connectivity index is 1.59. The van der Waals surface area contributed by atoms with E-state index in [2.05, 4.69) is 48.7 Å². The quantitative estimate of drug-likeness (QED) is 0.858. The van der Waals surface area contributed by atoms with Crippen molar-refractivity contribution in [1.29, 1.82) is 0 Å². The lowest BCUT2D eigenvalue weighted by atomic mass is 9.99. The van der Waals surface area contributed by atoms with Gasteiger partial charge in [0.15, 0.2) is 0 Å². The highest BCUT2D eigenvalue weighted by Gasteiger charge is 2.17. The number of nitrogens with one attached hydrogen (secondary N) is 2. The van der Waals surface area contributed by atoms with Gasteiger partial charge in [0.25, 0.3) is 0 Å². The minimum atomic E-state index is -0.284. The molecule has 1 heterocycles. The Morgan fingerprint density at radius 1 is 1.20 bits per heavy atom. The molecule has 0 saturated carbocycles. The number of benzene rings is 2. The maximum absolute atomic E-state index is 14.6. The van der Waals surface area contributed by atoms with Gasteiger partial charge in [-0.2, -0.15) is 0 Å². The summed E-state index contributed by atoms with van der Waals surface area (Å²) in [6.07, 6.45) is 1.66. The first kappa shape index (κ1) is 17.6. The molecule has 0 atom stereocenters. The van der Waals surface area contributed by atoms with Crippen LogP contribution >= 0.6 is 0 Å². The van der Waals surface area contributed by atoms with Crippen LogP contribution in [0.5, 0.6) is 0 Å². The molecule has 0 aromatic heterocycles. The second-order valence-electron chi connectivity index (χ2n) is 6.94. The molecule has 2 aromatic rings. The monoisotopic (exact) mass is 340 g/mol. The molecular formula is C21H25FN2O. The third kappa shape index (κ3) is 4.26. The van der Waals surface area contributed by atoms with Gasteiger partial charge in [-0.25, -0.2) is 4.39 Å². The summed E-state index contributed by atoms with van der Waals surface area (Å²) in [7, 11) is 0. The van der Waals surface area contributed by atoms with Gasteiger partial charge in [-0.1, -0.05) is 44.2 Å². The fourth-order valence-corrected chi connectivity index (χ4v) is 3.17. The van der Waals surface area contributed by atoms with Crippen molar-refractivity contribution in [2.24, 2.45) is 0 Å². The van der Waals surface area contributed by atoms with Crippen LogP contribution in [0, 0.1) is 5.82 Å². The van der Waals surface area contributed by atoms with Crippen LogP contribution in [0.4, 0.5) is 10.1 Å². The van der Waals surface area contributed by atoms with Gasteiger partial charge in [-0.15, -0.1) is 0 Å². The van der Waals surface area contributed by atoms with Gasteiger partial charge in [0, 0.05) is 13.0 Å². The molecule has 3 rings (SSSR count). The summed E-state index contributed by atoms with van der Waals surface area (Å²) >= 11 is 0. The van der Waals surface area contributed by atoms with E-state index in [9.17, 15) is 9.18 Å². The zero-order valence-electron chi connectivity index (χ0n) is 14.9. The molecule has 0 saturated heterocycles. The number of carbonyl (C=O) groups is 1. The van der Waals surface area contributed by atoms with Crippen molar-refractivity contribution in [2.45, 2.75) is 45.6 Å². The van der Waals surface area contributed by atoms with Crippen LogP contribution in [0.3, 0.4) is 0 Å². The maximum atomic E-state index is 14.6. The van der Waals surface area contributed by atoms with Gasteiger partial charge in [-0.3, -0.25) is 4.79 Å². The summed E-state index contributed by atoms with van der Waals surface area (Å²) in [5.41, 5.74) is 4.41. The van der Waals surface area contributed by atoms with Gasteiger partial charge in [-0.05, 0) is 53.6 Å². The third-order valence-corrected chi connectivity index (χ3v) is 4.77. The van der Waals surface area contributed by atoms with Gasteiger partial charge in [0.05, 0.1) is 5.69 Å². The molecule has 25 heavy (non-hydrogen) atoms. The summed E-state index contributed by atoms with van der Waals surface area (Å²) < 4.78 is 14.6. The first-order valence-corrected chi connectivity index (χ1v) is 8.94. The smallest absolute Gasteiger partial charge is 0.224 e. The van der Waals surface area contributed by atoms with Gasteiger partial charge >= 0.3 is 0 Å². The summed E-state index contributed by atoms with van der Waals surface area (Å²) in [4.78, 5) is 12.2. The molecule has 2 aromatic carbocycles. The zero-order valence-corrected chi connectivity index (χ0v) is 14.9. The van der Waals surface area contributed by atoms with Crippen molar-refractivity contribution in [2.75, 3.05) is 11.9 Å². The molecule has 3 nitrogen and oxygen atoms in total. The predicted octanol–water partition coefficient (Wildman–Crippen LogP) is 4.17. The van der Waals surface area contributed by atoms with E-state index in [1.807, 2.05) is 6.07 Å². The fraction of sp³-hybridized carbons (Fsp3) is 0.381. The average molecular weight is 340 g/mol. The van der Waals surface area contributed by atoms with Crippen molar-refractivity contribution in [3.8, 4) is 0 Å². The van der Waals surface area contributed by atoms with E-state index in [0.717, 1.165) is 23.2 Å².